The second-order valence-corrected chi connectivity index (χ2v) is 5.35. The first kappa shape index (κ1) is 14.1. The lowest BCUT2D eigenvalue weighted by Crippen LogP contribution is -2.43. The highest BCUT2D eigenvalue weighted by Gasteiger charge is 2.23. The number of nitrogens with zero attached hydrogens (tertiary/aromatic N) is 2. The maximum atomic E-state index is 11.7. The fourth-order valence-corrected chi connectivity index (χ4v) is 2.90. The van der Waals surface area contributed by atoms with Crippen molar-refractivity contribution in [2.75, 3.05) is 31.6 Å². The predicted octanol–water partition coefficient (Wildman–Crippen LogP) is 2.81. The summed E-state index contributed by atoms with van der Waals surface area (Å²) in [5.74, 6) is 0.147. The van der Waals surface area contributed by atoms with Gasteiger partial charge in [-0.1, -0.05) is 19.1 Å². The van der Waals surface area contributed by atoms with E-state index >= 15 is 0 Å². The Morgan fingerprint density at radius 3 is 2.53 bits per heavy atom. The Morgan fingerprint density at radius 2 is 1.95 bits per heavy atom. The van der Waals surface area contributed by atoms with Gasteiger partial charge in [0.2, 0.25) is 0 Å². The molecule has 1 aromatic rings. The lowest BCUT2D eigenvalue weighted by Gasteiger charge is -2.38. The number of carbonyl (C=O) groups is 1. The van der Waals surface area contributed by atoms with E-state index in [1.165, 1.54) is 12.8 Å². The molecule has 0 spiro atoms. The zero-order chi connectivity index (χ0) is 13.8. The topological polar surface area (TPSA) is 23.6 Å². The molecule has 1 aromatic carbocycles. The summed E-state index contributed by atoms with van der Waals surface area (Å²) in [5, 5.41) is 0. The number of para-hydroxylation sites is 1. The van der Waals surface area contributed by atoms with Gasteiger partial charge < -0.3 is 9.80 Å². The fraction of sp³-hybridized carbons (Fsp3) is 0.562. The number of likely N-dealkylation sites (tertiary alicyclic amines) is 1. The lowest BCUT2D eigenvalue weighted by molar-refractivity contribution is 0.101. The van der Waals surface area contributed by atoms with Crippen LogP contribution in [0.3, 0.4) is 0 Å². The molecule has 0 amide bonds. The van der Waals surface area contributed by atoms with E-state index in [0.29, 0.717) is 6.04 Å². The van der Waals surface area contributed by atoms with Gasteiger partial charge in [0.05, 0.1) is 0 Å². The van der Waals surface area contributed by atoms with Crippen LogP contribution in [0.1, 0.15) is 37.0 Å². The molecule has 104 valence electrons. The molecule has 3 heteroatoms. The van der Waals surface area contributed by atoms with Crippen LogP contribution < -0.4 is 4.90 Å². The van der Waals surface area contributed by atoms with E-state index < -0.39 is 0 Å². The minimum Gasteiger partial charge on any atom is -0.371 e. The van der Waals surface area contributed by atoms with E-state index in [-0.39, 0.29) is 5.78 Å². The molecule has 0 aromatic heterocycles. The molecule has 1 heterocycles. The highest BCUT2D eigenvalue weighted by molar-refractivity contribution is 5.99. The van der Waals surface area contributed by atoms with Gasteiger partial charge in [0, 0.05) is 37.4 Å². The summed E-state index contributed by atoms with van der Waals surface area (Å²) in [5.41, 5.74) is 1.91. The van der Waals surface area contributed by atoms with Crippen LogP contribution in [0.15, 0.2) is 24.3 Å². The van der Waals surface area contributed by atoms with Gasteiger partial charge in [0.15, 0.2) is 5.78 Å². The predicted molar refractivity (Wildman–Crippen MR) is 80.0 cm³/mol. The third-order valence-electron chi connectivity index (χ3n) is 4.22. The van der Waals surface area contributed by atoms with Gasteiger partial charge in [-0.2, -0.15) is 0 Å². The van der Waals surface area contributed by atoms with E-state index in [9.17, 15) is 4.79 Å². The van der Waals surface area contributed by atoms with Crippen LogP contribution in [0, 0.1) is 0 Å². The zero-order valence-electron chi connectivity index (χ0n) is 12.2. The molecule has 0 atom stereocenters. The maximum Gasteiger partial charge on any atom is 0.161 e. The number of hydrogen-bond acceptors (Lipinski definition) is 3. The molecular weight excluding hydrogens is 236 g/mol. The third kappa shape index (κ3) is 3.16. The average Bonchev–Trinajstić information content (AvgIpc) is 2.46. The Bertz CT molecular complexity index is 436. The van der Waals surface area contributed by atoms with E-state index in [1.807, 2.05) is 18.2 Å². The number of carbonyl (C=O) groups excluding carboxylic acids is 1. The molecule has 0 bridgehead atoms. The van der Waals surface area contributed by atoms with Crippen molar-refractivity contribution in [3.8, 4) is 0 Å². The van der Waals surface area contributed by atoms with Crippen molar-refractivity contribution in [1.29, 1.82) is 0 Å². The van der Waals surface area contributed by atoms with Crippen LogP contribution in [0.25, 0.3) is 0 Å². The summed E-state index contributed by atoms with van der Waals surface area (Å²) >= 11 is 0. The molecule has 0 unspecified atom stereocenters. The Kier molecular flexibility index (Phi) is 4.59. The van der Waals surface area contributed by atoms with Crippen LogP contribution >= 0.6 is 0 Å². The standard InChI is InChI=1S/C16H24N2O/c1-4-18-11-9-14(10-12-18)17(3)16-8-6-5-7-15(16)13(2)19/h5-8,14H,4,9-12H2,1-3H3. The van der Waals surface area contributed by atoms with Crippen molar-refractivity contribution in [3.63, 3.8) is 0 Å². The van der Waals surface area contributed by atoms with Gasteiger partial charge in [-0.15, -0.1) is 0 Å². The summed E-state index contributed by atoms with van der Waals surface area (Å²) in [7, 11) is 2.12. The highest BCUT2D eigenvalue weighted by atomic mass is 16.1. The van der Waals surface area contributed by atoms with Crippen molar-refractivity contribution in [3.05, 3.63) is 29.8 Å². The van der Waals surface area contributed by atoms with E-state index in [0.717, 1.165) is 30.9 Å². The number of rotatable bonds is 4. The van der Waals surface area contributed by atoms with Gasteiger partial charge in [-0.05, 0) is 38.4 Å². The number of anilines is 1. The molecule has 1 saturated heterocycles. The van der Waals surface area contributed by atoms with Gasteiger partial charge >= 0.3 is 0 Å². The minimum absolute atomic E-state index is 0.147. The Labute approximate surface area is 116 Å². The second-order valence-electron chi connectivity index (χ2n) is 5.35. The maximum absolute atomic E-state index is 11.7. The summed E-state index contributed by atoms with van der Waals surface area (Å²) in [6.45, 7) is 7.32. The molecule has 0 aliphatic carbocycles. The second kappa shape index (κ2) is 6.20. The first-order valence-electron chi connectivity index (χ1n) is 7.18. The number of piperidine rings is 1. The largest absolute Gasteiger partial charge is 0.371 e. The number of benzene rings is 1. The highest BCUT2D eigenvalue weighted by Crippen LogP contribution is 2.25. The Morgan fingerprint density at radius 1 is 1.32 bits per heavy atom. The summed E-state index contributed by atoms with van der Waals surface area (Å²) < 4.78 is 0. The molecule has 1 fully saturated rings. The normalized spacial score (nSPS) is 17.4. The smallest absolute Gasteiger partial charge is 0.161 e. The summed E-state index contributed by atoms with van der Waals surface area (Å²) in [6, 6.07) is 8.48. The van der Waals surface area contributed by atoms with Crippen LogP contribution in [0.4, 0.5) is 5.69 Å². The van der Waals surface area contributed by atoms with Crippen molar-refractivity contribution in [1.82, 2.24) is 4.90 Å². The molecule has 0 N–H and O–H groups in total. The first-order valence-corrected chi connectivity index (χ1v) is 7.18. The van der Waals surface area contributed by atoms with Crippen LogP contribution in [0.2, 0.25) is 0 Å². The Hall–Kier alpha value is -1.35. The summed E-state index contributed by atoms with van der Waals surface area (Å²) in [6.07, 6.45) is 2.35. The van der Waals surface area contributed by atoms with Crippen molar-refractivity contribution < 1.29 is 4.79 Å². The van der Waals surface area contributed by atoms with E-state index in [2.05, 4.69) is 29.8 Å². The number of ketones is 1. The lowest BCUT2D eigenvalue weighted by atomic mass is 10.0. The molecule has 3 nitrogen and oxygen atoms in total. The molecule has 1 aliphatic heterocycles. The van der Waals surface area contributed by atoms with Crippen LogP contribution in [-0.4, -0.2) is 43.4 Å². The Balaban J connectivity index is 2.12. The van der Waals surface area contributed by atoms with Gasteiger partial charge in [0.1, 0.15) is 0 Å². The van der Waals surface area contributed by atoms with E-state index in [1.54, 1.807) is 6.92 Å². The van der Waals surface area contributed by atoms with Crippen LogP contribution in [0.5, 0.6) is 0 Å². The van der Waals surface area contributed by atoms with Gasteiger partial charge in [-0.25, -0.2) is 0 Å². The molecule has 2 rings (SSSR count). The molecule has 19 heavy (non-hydrogen) atoms. The van der Waals surface area contributed by atoms with Crippen molar-refractivity contribution in [2.45, 2.75) is 32.7 Å². The number of hydrogen-bond donors (Lipinski definition) is 0. The molecule has 0 saturated carbocycles. The number of Topliss-reactive ketones (excluding diaryl/α,β-unsaturated/α-hetero) is 1. The van der Waals surface area contributed by atoms with Gasteiger partial charge in [0.25, 0.3) is 0 Å². The SMILES string of the molecule is CCN1CCC(N(C)c2ccccc2C(C)=O)CC1. The van der Waals surface area contributed by atoms with Crippen molar-refractivity contribution >= 4 is 11.5 Å². The van der Waals surface area contributed by atoms with E-state index in [4.69, 9.17) is 0 Å². The van der Waals surface area contributed by atoms with Gasteiger partial charge in [-0.3, -0.25) is 4.79 Å². The monoisotopic (exact) mass is 260 g/mol. The molecule has 1 aliphatic rings. The third-order valence-corrected chi connectivity index (χ3v) is 4.22. The van der Waals surface area contributed by atoms with Crippen LogP contribution in [-0.2, 0) is 0 Å². The molecular formula is C16H24N2O. The van der Waals surface area contributed by atoms with Crippen molar-refractivity contribution in [2.24, 2.45) is 0 Å². The average molecular weight is 260 g/mol. The fourth-order valence-electron chi connectivity index (χ4n) is 2.90. The zero-order valence-corrected chi connectivity index (χ0v) is 12.2. The molecule has 0 radical (unpaired) electrons. The minimum atomic E-state index is 0.147. The quantitative estimate of drug-likeness (QED) is 0.778. The first-order chi connectivity index (χ1) is 9.13. The summed E-state index contributed by atoms with van der Waals surface area (Å²) in [4.78, 5) is 16.5.